The zero-order valence-corrected chi connectivity index (χ0v) is 16.1. The van der Waals surface area contributed by atoms with Gasteiger partial charge in [0.25, 0.3) is 0 Å². The first-order valence-corrected chi connectivity index (χ1v) is 9.39. The van der Waals surface area contributed by atoms with Crippen molar-refractivity contribution < 1.29 is 9.47 Å². The molecular weight excluding hydrogens is 304 g/mol. The van der Waals surface area contributed by atoms with Crippen LogP contribution in [-0.2, 0) is 9.47 Å². The van der Waals surface area contributed by atoms with Gasteiger partial charge in [-0.1, -0.05) is 13.8 Å². The Kier molecular flexibility index (Phi) is 11.9. The highest BCUT2D eigenvalue weighted by molar-refractivity contribution is 5.79. The van der Waals surface area contributed by atoms with Gasteiger partial charge in [0.05, 0.1) is 6.61 Å². The molecule has 1 saturated heterocycles. The molecule has 1 fully saturated rings. The Hall–Kier alpha value is -0.850. The number of aliphatic imine (C=N–C) groups is 1. The minimum absolute atomic E-state index is 0.605. The molecule has 0 saturated carbocycles. The van der Waals surface area contributed by atoms with Crippen LogP contribution in [0, 0.1) is 11.8 Å². The largest absolute Gasteiger partial charge is 0.383 e. The molecule has 142 valence electrons. The molecule has 0 aromatic carbocycles. The summed E-state index contributed by atoms with van der Waals surface area (Å²) in [5.74, 6) is 2.24. The maximum Gasteiger partial charge on any atom is 0.190 e. The van der Waals surface area contributed by atoms with Crippen molar-refractivity contribution in [1.82, 2.24) is 15.5 Å². The van der Waals surface area contributed by atoms with Crippen LogP contribution in [0.3, 0.4) is 0 Å². The summed E-state index contributed by atoms with van der Waals surface area (Å²) in [7, 11) is 3.60. The number of rotatable bonds is 11. The average Bonchev–Trinajstić information content (AvgIpc) is 2.59. The Labute approximate surface area is 148 Å². The fraction of sp³-hybridized carbons (Fsp3) is 0.944. The van der Waals surface area contributed by atoms with Crippen LogP contribution in [-0.4, -0.2) is 77.6 Å². The second-order valence-corrected chi connectivity index (χ2v) is 6.98. The van der Waals surface area contributed by atoms with Crippen LogP contribution in [0.4, 0.5) is 0 Å². The topological polar surface area (TPSA) is 58.1 Å². The van der Waals surface area contributed by atoms with E-state index < -0.39 is 0 Å². The molecule has 0 amide bonds. The minimum Gasteiger partial charge on any atom is -0.383 e. The lowest BCUT2D eigenvalue weighted by molar-refractivity contribution is 0.108. The second-order valence-electron chi connectivity index (χ2n) is 6.98. The summed E-state index contributed by atoms with van der Waals surface area (Å²) in [6, 6.07) is 0. The van der Waals surface area contributed by atoms with Gasteiger partial charge in [0.1, 0.15) is 0 Å². The van der Waals surface area contributed by atoms with E-state index in [9.17, 15) is 0 Å². The summed E-state index contributed by atoms with van der Waals surface area (Å²) in [5.41, 5.74) is 0. The SMILES string of the molecule is CN=C(NCCCOCC(C)C)NCC1CCN(CCOC)CC1. The standard InChI is InChI=1S/C18H38N4O2/c1-16(2)15-24-12-5-8-20-18(19-3)21-14-17-6-9-22(10-7-17)11-13-23-4/h16-17H,5-15H2,1-4H3,(H2,19,20,21). The van der Waals surface area contributed by atoms with E-state index >= 15 is 0 Å². The molecule has 0 spiro atoms. The highest BCUT2D eigenvalue weighted by atomic mass is 16.5. The normalized spacial score (nSPS) is 17.5. The Bertz CT molecular complexity index is 329. The van der Waals surface area contributed by atoms with Gasteiger partial charge in [-0.2, -0.15) is 0 Å². The Morgan fingerprint density at radius 2 is 1.96 bits per heavy atom. The predicted octanol–water partition coefficient (Wildman–Crippen LogP) is 1.57. The van der Waals surface area contributed by atoms with Gasteiger partial charge in [-0.15, -0.1) is 0 Å². The van der Waals surface area contributed by atoms with Gasteiger partial charge in [0.15, 0.2) is 5.96 Å². The molecule has 1 aliphatic rings. The third kappa shape index (κ3) is 10.1. The predicted molar refractivity (Wildman–Crippen MR) is 101 cm³/mol. The van der Waals surface area contributed by atoms with Crippen molar-refractivity contribution in [1.29, 1.82) is 0 Å². The number of likely N-dealkylation sites (tertiary alicyclic amines) is 1. The van der Waals surface area contributed by atoms with Crippen LogP contribution in [0.5, 0.6) is 0 Å². The lowest BCUT2D eigenvalue weighted by atomic mass is 9.97. The lowest BCUT2D eigenvalue weighted by Crippen LogP contribution is -2.43. The third-order valence-corrected chi connectivity index (χ3v) is 4.31. The zero-order valence-electron chi connectivity index (χ0n) is 16.1. The molecule has 0 bridgehead atoms. The average molecular weight is 343 g/mol. The van der Waals surface area contributed by atoms with E-state index in [1.807, 2.05) is 7.05 Å². The Morgan fingerprint density at radius 1 is 1.21 bits per heavy atom. The van der Waals surface area contributed by atoms with Crippen molar-refractivity contribution in [3.63, 3.8) is 0 Å². The highest BCUT2D eigenvalue weighted by Crippen LogP contribution is 2.15. The molecule has 1 rings (SSSR count). The van der Waals surface area contributed by atoms with Gasteiger partial charge < -0.3 is 25.0 Å². The van der Waals surface area contributed by atoms with Crippen LogP contribution in [0.1, 0.15) is 33.1 Å². The monoisotopic (exact) mass is 342 g/mol. The fourth-order valence-electron chi connectivity index (χ4n) is 2.80. The molecule has 0 atom stereocenters. The van der Waals surface area contributed by atoms with Crippen molar-refractivity contribution >= 4 is 5.96 Å². The van der Waals surface area contributed by atoms with E-state index in [4.69, 9.17) is 9.47 Å². The summed E-state index contributed by atoms with van der Waals surface area (Å²) < 4.78 is 10.7. The number of guanidine groups is 1. The first-order valence-electron chi connectivity index (χ1n) is 9.39. The maximum absolute atomic E-state index is 5.59. The van der Waals surface area contributed by atoms with E-state index in [0.717, 1.165) is 57.8 Å². The molecule has 0 aliphatic carbocycles. The number of hydrogen-bond donors (Lipinski definition) is 2. The number of nitrogens with one attached hydrogen (secondary N) is 2. The molecule has 2 N–H and O–H groups in total. The second kappa shape index (κ2) is 13.4. The Morgan fingerprint density at radius 3 is 2.58 bits per heavy atom. The number of piperidine rings is 1. The molecule has 1 aliphatic heterocycles. The van der Waals surface area contributed by atoms with Gasteiger partial charge in [-0.05, 0) is 44.2 Å². The summed E-state index contributed by atoms with van der Waals surface area (Å²) in [5, 5.41) is 6.83. The van der Waals surface area contributed by atoms with Gasteiger partial charge in [-0.3, -0.25) is 4.99 Å². The van der Waals surface area contributed by atoms with E-state index in [0.29, 0.717) is 5.92 Å². The molecule has 24 heavy (non-hydrogen) atoms. The highest BCUT2D eigenvalue weighted by Gasteiger charge is 2.18. The van der Waals surface area contributed by atoms with E-state index in [2.05, 4.69) is 34.4 Å². The van der Waals surface area contributed by atoms with Gasteiger partial charge >= 0.3 is 0 Å². The van der Waals surface area contributed by atoms with Crippen molar-refractivity contribution in [2.24, 2.45) is 16.8 Å². The quantitative estimate of drug-likeness (QED) is 0.339. The molecule has 0 aromatic heterocycles. The van der Waals surface area contributed by atoms with Crippen LogP contribution in [0.15, 0.2) is 4.99 Å². The summed E-state index contributed by atoms with van der Waals surface area (Å²) >= 11 is 0. The van der Waals surface area contributed by atoms with E-state index in [-0.39, 0.29) is 0 Å². The summed E-state index contributed by atoms with van der Waals surface area (Å²) in [6.07, 6.45) is 3.50. The van der Waals surface area contributed by atoms with Crippen molar-refractivity contribution in [3.05, 3.63) is 0 Å². The molecule has 6 nitrogen and oxygen atoms in total. The first-order chi connectivity index (χ1) is 11.7. The molecular formula is C18H38N4O2. The molecule has 0 aromatic rings. The lowest BCUT2D eigenvalue weighted by Gasteiger charge is -2.32. The molecule has 0 radical (unpaired) electrons. The van der Waals surface area contributed by atoms with Crippen LogP contribution >= 0.6 is 0 Å². The van der Waals surface area contributed by atoms with Crippen LogP contribution in [0.2, 0.25) is 0 Å². The smallest absolute Gasteiger partial charge is 0.190 e. The van der Waals surface area contributed by atoms with Gasteiger partial charge in [0.2, 0.25) is 0 Å². The summed E-state index contributed by atoms with van der Waals surface area (Å²) in [4.78, 5) is 6.79. The molecule has 1 heterocycles. The van der Waals surface area contributed by atoms with Gasteiger partial charge in [-0.25, -0.2) is 0 Å². The minimum atomic E-state index is 0.605. The van der Waals surface area contributed by atoms with E-state index in [1.165, 1.54) is 25.9 Å². The number of methoxy groups -OCH3 is 1. The fourth-order valence-corrected chi connectivity index (χ4v) is 2.80. The molecule has 0 unspecified atom stereocenters. The number of nitrogens with zero attached hydrogens (tertiary/aromatic N) is 2. The third-order valence-electron chi connectivity index (χ3n) is 4.31. The van der Waals surface area contributed by atoms with Crippen LogP contribution in [0.25, 0.3) is 0 Å². The number of hydrogen-bond acceptors (Lipinski definition) is 4. The van der Waals surface area contributed by atoms with Crippen molar-refractivity contribution in [3.8, 4) is 0 Å². The van der Waals surface area contributed by atoms with Crippen molar-refractivity contribution in [2.45, 2.75) is 33.1 Å². The molecule has 6 heteroatoms. The number of ether oxygens (including phenoxy) is 2. The Balaban J connectivity index is 2.06. The zero-order chi connectivity index (χ0) is 17.6. The first kappa shape index (κ1) is 21.2. The maximum atomic E-state index is 5.59. The van der Waals surface area contributed by atoms with Crippen LogP contribution < -0.4 is 10.6 Å². The van der Waals surface area contributed by atoms with Crippen molar-refractivity contribution in [2.75, 3.05) is 66.7 Å². The summed E-state index contributed by atoms with van der Waals surface area (Å²) in [6.45, 7) is 12.1. The van der Waals surface area contributed by atoms with Gasteiger partial charge in [0, 0.05) is 47.0 Å². The van der Waals surface area contributed by atoms with E-state index in [1.54, 1.807) is 7.11 Å².